The molecule has 1 heterocycles. The molecule has 1 aliphatic carbocycles. The number of piperazine rings is 1. The third-order valence-electron chi connectivity index (χ3n) is 6.11. The number of halogens is 2. The molecule has 1 aromatic rings. The number of hydrogen-bond donors (Lipinski definition) is 1. The van der Waals surface area contributed by atoms with Crippen LogP contribution in [0.15, 0.2) is 29.8 Å². The highest BCUT2D eigenvalue weighted by atomic mass is 19.2. The second kappa shape index (κ2) is 10.2. The summed E-state index contributed by atoms with van der Waals surface area (Å²) in [6.45, 7) is 8.13. The van der Waals surface area contributed by atoms with Gasteiger partial charge in [0, 0.05) is 38.3 Å². The zero-order valence-electron chi connectivity index (χ0n) is 17.6. The van der Waals surface area contributed by atoms with Crippen molar-refractivity contribution in [2.45, 2.75) is 52.0 Å². The van der Waals surface area contributed by atoms with Crippen molar-refractivity contribution < 1.29 is 13.6 Å². The first-order valence-electron chi connectivity index (χ1n) is 10.8. The molecule has 2 fully saturated rings. The predicted molar refractivity (Wildman–Crippen MR) is 113 cm³/mol. The van der Waals surface area contributed by atoms with E-state index >= 15 is 0 Å². The summed E-state index contributed by atoms with van der Waals surface area (Å²) in [6, 6.07) is 4.69. The van der Waals surface area contributed by atoms with Crippen LogP contribution in [0, 0.1) is 17.6 Å². The van der Waals surface area contributed by atoms with Gasteiger partial charge in [0.15, 0.2) is 11.6 Å². The molecule has 1 aliphatic heterocycles. The summed E-state index contributed by atoms with van der Waals surface area (Å²) >= 11 is 0. The maximum absolute atomic E-state index is 14.0. The van der Waals surface area contributed by atoms with E-state index in [4.69, 9.17) is 0 Å². The summed E-state index contributed by atoms with van der Waals surface area (Å²) < 4.78 is 27.4. The highest BCUT2D eigenvalue weighted by Gasteiger charge is 2.24. The van der Waals surface area contributed by atoms with Gasteiger partial charge in [0.1, 0.15) is 0 Å². The smallest absolute Gasteiger partial charge is 0.244 e. The molecule has 4 nitrogen and oxygen atoms in total. The Morgan fingerprint density at radius 3 is 2.45 bits per heavy atom. The average molecular weight is 406 g/mol. The summed E-state index contributed by atoms with van der Waals surface area (Å²) in [5.41, 5.74) is 1.40. The van der Waals surface area contributed by atoms with Crippen LogP contribution in [0.2, 0.25) is 0 Å². The van der Waals surface area contributed by atoms with Crippen LogP contribution >= 0.6 is 0 Å². The fraction of sp³-hybridized carbons (Fsp3) is 0.609. The van der Waals surface area contributed by atoms with Crippen LogP contribution in [0.5, 0.6) is 0 Å². The minimum atomic E-state index is -0.780. The van der Waals surface area contributed by atoms with Crippen molar-refractivity contribution in [3.05, 3.63) is 41.5 Å². The fourth-order valence-corrected chi connectivity index (χ4v) is 4.41. The van der Waals surface area contributed by atoms with E-state index in [0.29, 0.717) is 17.6 Å². The van der Waals surface area contributed by atoms with E-state index in [2.05, 4.69) is 10.2 Å². The van der Waals surface area contributed by atoms with Crippen molar-refractivity contribution in [1.29, 1.82) is 0 Å². The van der Waals surface area contributed by atoms with Crippen molar-refractivity contribution in [2.24, 2.45) is 5.92 Å². The quantitative estimate of drug-likeness (QED) is 0.724. The molecule has 0 aromatic heterocycles. The largest absolute Gasteiger partial charge is 0.367 e. The number of allylic oxidation sites excluding steroid dienone is 1. The van der Waals surface area contributed by atoms with Crippen LogP contribution in [-0.4, -0.2) is 49.6 Å². The first-order valence-corrected chi connectivity index (χ1v) is 10.8. The number of amides is 1. The molecule has 3 rings (SSSR count). The molecule has 29 heavy (non-hydrogen) atoms. The van der Waals surface area contributed by atoms with Crippen molar-refractivity contribution in [3.63, 3.8) is 0 Å². The lowest BCUT2D eigenvalue weighted by Gasteiger charge is -2.37. The number of nitrogens with zero attached hydrogens (tertiary/aromatic N) is 2. The third-order valence-corrected chi connectivity index (χ3v) is 6.11. The normalized spacial score (nSPS) is 23.0. The summed E-state index contributed by atoms with van der Waals surface area (Å²) in [4.78, 5) is 16.2. The van der Waals surface area contributed by atoms with Crippen molar-refractivity contribution in [2.75, 3.05) is 37.6 Å². The van der Waals surface area contributed by atoms with Crippen LogP contribution in [0.3, 0.4) is 0 Å². The zero-order valence-corrected chi connectivity index (χ0v) is 17.6. The maximum atomic E-state index is 14.0. The SMILES string of the molecule is CC(C)=CC(=O)NC1CCC(CCN2CCN(c3cccc(F)c3F)CC2)CC1. The van der Waals surface area contributed by atoms with Gasteiger partial charge in [-0.15, -0.1) is 0 Å². The van der Waals surface area contributed by atoms with Gasteiger partial charge in [-0.25, -0.2) is 8.78 Å². The highest BCUT2D eigenvalue weighted by Crippen LogP contribution is 2.28. The van der Waals surface area contributed by atoms with Gasteiger partial charge in [-0.3, -0.25) is 9.69 Å². The minimum absolute atomic E-state index is 0.0288. The Balaban J connectivity index is 1.36. The van der Waals surface area contributed by atoms with Crippen LogP contribution in [0.1, 0.15) is 46.0 Å². The molecule has 6 heteroatoms. The van der Waals surface area contributed by atoms with Crippen molar-refractivity contribution >= 4 is 11.6 Å². The Morgan fingerprint density at radius 1 is 1.10 bits per heavy atom. The molecule has 0 bridgehead atoms. The first kappa shape index (κ1) is 21.8. The number of nitrogens with one attached hydrogen (secondary N) is 1. The Hall–Kier alpha value is -1.95. The third kappa shape index (κ3) is 6.26. The number of benzene rings is 1. The number of anilines is 1. The van der Waals surface area contributed by atoms with E-state index in [0.717, 1.165) is 70.0 Å². The predicted octanol–water partition coefficient (Wildman–Crippen LogP) is 4.12. The molecule has 1 N–H and O–H groups in total. The fourth-order valence-electron chi connectivity index (χ4n) is 4.41. The monoisotopic (exact) mass is 405 g/mol. The van der Waals surface area contributed by atoms with Crippen molar-refractivity contribution in [1.82, 2.24) is 10.2 Å². The number of carbonyl (C=O) groups excluding carboxylic acids is 1. The molecule has 1 aromatic carbocycles. The van der Waals surface area contributed by atoms with E-state index in [1.54, 1.807) is 18.2 Å². The number of hydrogen-bond acceptors (Lipinski definition) is 3. The van der Waals surface area contributed by atoms with E-state index in [1.807, 2.05) is 18.7 Å². The molecule has 160 valence electrons. The summed E-state index contributed by atoms with van der Waals surface area (Å²) in [7, 11) is 0. The number of carbonyl (C=O) groups is 1. The van der Waals surface area contributed by atoms with Crippen LogP contribution in [0.25, 0.3) is 0 Å². The zero-order chi connectivity index (χ0) is 20.8. The molecule has 0 spiro atoms. The number of rotatable bonds is 6. The summed E-state index contributed by atoms with van der Waals surface area (Å²) in [5, 5.41) is 3.12. The van der Waals surface area contributed by atoms with Crippen molar-refractivity contribution in [3.8, 4) is 0 Å². The molecule has 1 amide bonds. The molecule has 0 radical (unpaired) electrons. The Morgan fingerprint density at radius 2 is 1.79 bits per heavy atom. The lowest BCUT2D eigenvalue weighted by molar-refractivity contribution is -0.117. The van der Waals surface area contributed by atoms with E-state index in [9.17, 15) is 13.6 Å². The van der Waals surface area contributed by atoms with E-state index in [-0.39, 0.29) is 5.91 Å². The Kier molecular flexibility index (Phi) is 7.64. The lowest BCUT2D eigenvalue weighted by atomic mass is 9.84. The summed E-state index contributed by atoms with van der Waals surface area (Å²) in [6.07, 6.45) is 7.27. The topological polar surface area (TPSA) is 35.6 Å². The molecule has 0 atom stereocenters. The molecular formula is C23H33F2N3O. The Bertz CT molecular complexity index is 717. The van der Waals surface area contributed by atoms with E-state index in [1.165, 1.54) is 6.42 Å². The van der Waals surface area contributed by atoms with Gasteiger partial charge in [0.05, 0.1) is 5.69 Å². The van der Waals surface area contributed by atoms with Crippen LogP contribution in [-0.2, 0) is 4.79 Å². The second-order valence-corrected chi connectivity index (χ2v) is 8.64. The van der Waals surface area contributed by atoms with Gasteiger partial charge in [0.2, 0.25) is 5.91 Å². The van der Waals surface area contributed by atoms with Gasteiger partial charge >= 0.3 is 0 Å². The molecular weight excluding hydrogens is 372 g/mol. The average Bonchev–Trinajstić information content (AvgIpc) is 2.69. The first-order chi connectivity index (χ1) is 13.9. The van der Waals surface area contributed by atoms with Gasteiger partial charge in [0.25, 0.3) is 0 Å². The second-order valence-electron chi connectivity index (χ2n) is 8.64. The van der Waals surface area contributed by atoms with Crippen LogP contribution in [0.4, 0.5) is 14.5 Å². The maximum Gasteiger partial charge on any atom is 0.244 e. The standard InChI is InChI=1S/C23H33F2N3O/c1-17(2)16-22(29)26-19-8-6-18(7-9-19)10-11-27-12-14-28(15-13-27)21-5-3-4-20(24)23(21)25/h3-5,16,18-19H,6-15H2,1-2H3,(H,26,29). The van der Waals surface area contributed by atoms with Gasteiger partial charge in [-0.2, -0.15) is 0 Å². The Labute approximate surface area is 172 Å². The molecule has 1 saturated heterocycles. The highest BCUT2D eigenvalue weighted by molar-refractivity contribution is 5.88. The lowest BCUT2D eigenvalue weighted by Crippen LogP contribution is -2.47. The molecule has 0 unspecified atom stereocenters. The molecule has 2 aliphatic rings. The molecule has 1 saturated carbocycles. The van der Waals surface area contributed by atoms with Gasteiger partial charge in [-0.1, -0.05) is 11.6 Å². The van der Waals surface area contributed by atoms with Gasteiger partial charge in [-0.05, 0) is 70.5 Å². The van der Waals surface area contributed by atoms with E-state index < -0.39 is 11.6 Å². The van der Waals surface area contributed by atoms with Crippen LogP contribution < -0.4 is 10.2 Å². The summed E-state index contributed by atoms with van der Waals surface area (Å²) in [5.74, 6) is -0.779. The minimum Gasteiger partial charge on any atom is -0.367 e. The van der Waals surface area contributed by atoms with Gasteiger partial charge < -0.3 is 10.2 Å².